The Morgan fingerprint density at radius 3 is 2.82 bits per heavy atom. The average molecular weight is 254 g/mol. The minimum Gasteiger partial charge on any atom is -0.444 e. The Bertz CT molecular complexity index is 451. The molecule has 1 amide bonds. The summed E-state index contributed by atoms with van der Waals surface area (Å²) in [6, 6.07) is 5.76. The summed E-state index contributed by atoms with van der Waals surface area (Å²) < 4.78 is 5.21. The number of carbonyl (C=O) groups is 1. The second kappa shape index (κ2) is 4.22. The van der Waals surface area contributed by atoms with Crippen LogP contribution in [0.25, 0.3) is 0 Å². The van der Waals surface area contributed by atoms with Crippen LogP contribution in [0, 0.1) is 0 Å². The Labute approximate surface area is 106 Å². The standard InChI is InChI=1S/C13H16ClNO2/c1-13(2,3)17-12(16)15-11-7-9-8(11)5-4-6-10(9)14/h4-6,11H,7H2,1-3H3,(H,15,16). The van der Waals surface area contributed by atoms with E-state index in [2.05, 4.69) is 5.32 Å². The molecule has 1 aliphatic carbocycles. The number of halogens is 1. The Kier molecular flexibility index (Phi) is 3.04. The number of alkyl carbamates (subject to hydrolysis) is 1. The molecule has 92 valence electrons. The summed E-state index contributed by atoms with van der Waals surface area (Å²) in [5, 5.41) is 3.60. The van der Waals surface area contributed by atoms with Gasteiger partial charge in [0.25, 0.3) is 0 Å². The van der Waals surface area contributed by atoms with Crippen molar-refractivity contribution >= 4 is 17.7 Å². The Hall–Kier alpha value is -1.22. The molecule has 0 radical (unpaired) electrons. The van der Waals surface area contributed by atoms with Gasteiger partial charge in [-0.3, -0.25) is 0 Å². The molecular formula is C13H16ClNO2. The van der Waals surface area contributed by atoms with Crippen LogP contribution in [0.15, 0.2) is 18.2 Å². The first kappa shape index (κ1) is 12.2. The quantitative estimate of drug-likeness (QED) is 0.832. The van der Waals surface area contributed by atoms with Crippen LogP contribution in [0.4, 0.5) is 4.79 Å². The first-order valence-corrected chi connectivity index (χ1v) is 6.01. The van der Waals surface area contributed by atoms with Gasteiger partial charge in [-0.1, -0.05) is 23.7 Å². The van der Waals surface area contributed by atoms with Crippen molar-refractivity contribution in [1.29, 1.82) is 0 Å². The molecule has 1 aromatic rings. The number of ether oxygens (including phenoxy) is 1. The van der Waals surface area contributed by atoms with Gasteiger partial charge in [-0.25, -0.2) is 4.79 Å². The fourth-order valence-corrected chi connectivity index (χ4v) is 2.14. The molecule has 0 fully saturated rings. The van der Waals surface area contributed by atoms with Gasteiger partial charge < -0.3 is 10.1 Å². The summed E-state index contributed by atoms with van der Waals surface area (Å²) in [6.45, 7) is 5.54. The molecule has 1 aromatic carbocycles. The molecule has 1 unspecified atom stereocenters. The van der Waals surface area contributed by atoms with E-state index < -0.39 is 5.60 Å². The van der Waals surface area contributed by atoms with Crippen LogP contribution in [0.3, 0.4) is 0 Å². The third kappa shape index (κ3) is 2.72. The molecule has 4 heteroatoms. The first-order chi connectivity index (χ1) is 7.87. The zero-order valence-corrected chi connectivity index (χ0v) is 11.0. The van der Waals surface area contributed by atoms with Gasteiger partial charge in [0, 0.05) is 5.02 Å². The molecular weight excluding hydrogens is 238 g/mol. The van der Waals surface area contributed by atoms with Crippen molar-refractivity contribution in [3.05, 3.63) is 34.3 Å². The van der Waals surface area contributed by atoms with Gasteiger partial charge in [0.1, 0.15) is 5.60 Å². The number of fused-ring (bicyclic) bond motifs is 1. The zero-order chi connectivity index (χ0) is 12.6. The van der Waals surface area contributed by atoms with E-state index in [4.69, 9.17) is 16.3 Å². The van der Waals surface area contributed by atoms with Gasteiger partial charge in [0.05, 0.1) is 6.04 Å². The van der Waals surface area contributed by atoms with Crippen molar-refractivity contribution in [2.75, 3.05) is 0 Å². The van der Waals surface area contributed by atoms with Gasteiger partial charge in [-0.15, -0.1) is 0 Å². The molecule has 17 heavy (non-hydrogen) atoms. The summed E-state index contributed by atoms with van der Waals surface area (Å²) >= 11 is 6.03. The molecule has 1 aliphatic rings. The number of benzene rings is 1. The molecule has 0 aromatic heterocycles. The third-order valence-electron chi connectivity index (χ3n) is 2.63. The first-order valence-electron chi connectivity index (χ1n) is 5.63. The number of nitrogens with one attached hydrogen (secondary N) is 1. The van der Waals surface area contributed by atoms with Crippen LogP contribution < -0.4 is 5.32 Å². The molecule has 2 rings (SSSR count). The normalized spacial score (nSPS) is 18.0. The van der Waals surface area contributed by atoms with E-state index in [1.165, 1.54) is 0 Å². The van der Waals surface area contributed by atoms with Crippen molar-refractivity contribution in [3.63, 3.8) is 0 Å². The van der Waals surface area contributed by atoms with Gasteiger partial charge >= 0.3 is 6.09 Å². The number of amides is 1. The molecule has 0 spiro atoms. The largest absolute Gasteiger partial charge is 0.444 e. The van der Waals surface area contributed by atoms with Gasteiger partial charge in [0.2, 0.25) is 0 Å². The lowest BCUT2D eigenvalue weighted by Gasteiger charge is -2.32. The summed E-state index contributed by atoms with van der Waals surface area (Å²) in [4.78, 5) is 11.6. The number of carbonyl (C=O) groups excluding carboxylic acids is 1. The molecule has 1 atom stereocenters. The monoisotopic (exact) mass is 253 g/mol. The highest BCUT2D eigenvalue weighted by atomic mass is 35.5. The summed E-state index contributed by atoms with van der Waals surface area (Å²) in [6.07, 6.45) is 0.391. The van der Waals surface area contributed by atoms with Crippen LogP contribution in [0.2, 0.25) is 5.02 Å². The second-order valence-corrected chi connectivity index (χ2v) is 5.62. The van der Waals surface area contributed by atoms with Crippen LogP contribution in [0.1, 0.15) is 37.9 Å². The maximum absolute atomic E-state index is 11.6. The average Bonchev–Trinajstić information content (AvgIpc) is 2.14. The predicted octanol–water partition coefficient (Wildman–Crippen LogP) is 3.46. The van der Waals surface area contributed by atoms with Crippen molar-refractivity contribution in [1.82, 2.24) is 5.32 Å². The fraction of sp³-hybridized carbons (Fsp3) is 0.462. The fourth-order valence-electron chi connectivity index (χ4n) is 1.88. The molecule has 0 aliphatic heterocycles. The highest BCUT2D eigenvalue weighted by Gasteiger charge is 2.30. The Morgan fingerprint density at radius 2 is 2.18 bits per heavy atom. The van der Waals surface area contributed by atoms with Crippen LogP contribution >= 0.6 is 11.6 Å². The molecule has 0 saturated heterocycles. The van der Waals surface area contributed by atoms with Crippen molar-refractivity contribution in [3.8, 4) is 0 Å². The van der Waals surface area contributed by atoms with Crippen molar-refractivity contribution < 1.29 is 9.53 Å². The number of hydrogen-bond donors (Lipinski definition) is 1. The molecule has 0 heterocycles. The maximum atomic E-state index is 11.6. The number of hydrogen-bond acceptors (Lipinski definition) is 2. The lowest BCUT2D eigenvalue weighted by atomic mass is 9.83. The van der Waals surface area contributed by atoms with E-state index in [1.54, 1.807) is 0 Å². The SMILES string of the molecule is CC(C)(C)OC(=O)NC1Cc2c(Cl)cccc21. The summed E-state index contributed by atoms with van der Waals surface area (Å²) in [5.74, 6) is 0. The van der Waals surface area contributed by atoms with E-state index in [-0.39, 0.29) is 12.1 Å². The van der Waals surface area contributed by atoms with Crippen LogP contribution in [0.5, 0.6) is 0 Å². The van der Waals surface area contributed by atoms with Gasteiger partial charge in [0.15, 0.2) is 0 Å². The van der Waals surface area contributed by atoms with Gasteiger partial charge in [-0.05, 0) is 44.4 Å². The van der Waals surface area contributed by atoms with E-state index >= 15 is 0 Å². The smallest absolute Gasteiger partial charge is 0.408 e. The van der Waals surface area contributed by atoms with E-state index in [1.807, 2.05) is 39.0 Å². The minimum absolute atomic E-state index is 0.0264. The second-order valence-electron chi connectivity index (χ2n) is 5.21. The highest BCUT2D eigenvalue weighted by molar-refractivity contribution is 6.31. The Morgan fingerprint density at radius 1 is 1.47 bits per heavy atom. The summed E-state index contributed by atoms with van der Waals surface area (Å²) in [7, 11) is 0. The lowest BCUT2D eigenvalue weighted by molar-refractivity contribution is 0.0497. The van der Waals surface area contributed by atoms with Crippen molar-refractivity contribution in [2.24, 2.45) is 0 Å². The van der Waals surface area contributed by atoms with E-state index in [0.29, 0.717) is 0 Å². The van der Waals surface area contributed by atoms with E-state index in [9.17, 15) is 4.79 Å². The number of rotatable bonds is 1. The highest BCUT2D eigenvalue weighted by Crippen LogP contribution is 2.37. The lowest BCUT2D eigenvalue weighted by Crippen LogP contribution is -2.39. The molecule has 1 N–H and O–H groups in total. The zero-order valence-electron chi connectivity index (χ0n) is 10.2. The van der Waals surface area contributed by atoms with Crippen LogP contribution in [-0.2, 0) is 11.2 Å². The topological polar surface area (TPSA) is 38.3 Å². The predicted molar refractivity (Wildman–Crippen MR) is 67.3 cm³/mol. The maximum Gasteiger partial charge on any atom is 0.408 e. The molecule has 0 bridgehead atoms. The van der Waals surface area contributed by atoms with Gasteiger partial charge in [-0.2, -0.15) is 0 Å². The summed E-state index contributed by atoms with van der Waals surface area (Å²) in [5.41, 5.74) is 1.74. The molecule has 0 saturated carbocycles. The van der Waals surface area contributed by atoms with Crippen molar-refractivity contribution in [2.45, 2.75) is 38.8 Å². The minimum atomic E-state index is -0.467. The Balaban J connectivity index is 1.98. The molecule has 3 nitrogen and oxygen atoms in total. The van der Waals surface area contributed by atoms with Crippen LogP contribution in [-0.4, -0.2) is 11.7 Å². The third-order valence-corrected chi connectivity index (χ3v) is 2.98. The van der Waals surface area contributed by atoms with E-state index in [0.717, 1.165) is 22.6 Å².